The lowest BCUT2D eigenvalue weighted by Gasteiger charge is -2.10. The Kier molecular flexibility index (Phi) is 5.22. The first-order valence-corrected chi connectivity index (χ1v) is 7.50. The predicted octanol–water partition coefficient (Wildman–Crippen LogP) is 4.92. The number of hydrogen-bond acceptors (Lipinski definition) is 1. The van der Waals surface area contributed by atoms with Crippen molar-refractivity contribution in [3.05, 3.63) is 58.6 Å². The van der Waals surface area contributed by atoms with Gasteiger partial charge in [-0.2, -0.15) is 0 Å². The maximum atomic E-state index is 6.22. The van der Waals surface area contributed by atoms with Crippen molar-refractivity contribution in [1.29, 1.82) is 0 Å². The van der Waals surface area contributed by atoms with Gasteiger partial charge in [0.15, 0.2) is 0 Å². The minimum Gasteiger partial charge on any atom is -0.316 e. The summed E-state index contributed by atoms with van der Waals surface area (Å²) in [6.45, 7) is 5.29. The van der Waals surface area contributed by atoms with Crippen LogP contribution < -0.4 is 5.32 Å². The molecule has 2 aromatic carbocycles. The number of hydrogen-bond donors (Lipinski definition) is 1. The molecule has 0 radical (unpaired) electrons. The van der Waals surface area contributed by atoms with Crippen molar-refractivity contribution in [3.63, 3.8) is 0 Å². The highest BCUT2D eigenvalue weighted by Gasteiger charge is 2.05. The van der Waals surface area contributed by atoms with Crippen LogP contribution in [0.1, 0.15) is 25.0 Å². The molecule has 106 valence electrons. The van der Waals surface area contributed by atoms with Gasteiger partial charge in [0.2, 0.25) is 0 Å². The van der Waals surface area contributed by atoms with Crippen LogP contribution in [0.15, 0.2) is 42.5 Å². The van der Waals surface area contributed by atoms with Gasteiger partial charge in [0.05, 0.1) is 0 Å². The molecule has 2 aromatic rings. The molecule has 0 aliphatic carbocycles. The number of benzene rings is 2. The third kappa shape index (κ3) is 3.84. The van der Waals surface area contributed by atoms with E-state index in [1.807, 2.05) is 13.1 Å². The fourth-order valence-corrected chi connectivity index (χ4v) is 2.61. The maximum absolute atomic E-state index is 6.22. The van der Waals surface area contributed by atoms with Crippen LogP contribution >= 0.6 is 11.6 Å². The SMILES string of the molecule is CNCc1cc(-c2cccc(CC(C)C)c2)ccc1Cl. The highest BCUT2D eigenvalue weighted by molar-refractivity contribution is 6.31. The summed E-state index contributed by atoms with van der Waals surface area (Å²) < 4.78 is 0. The molecule has 2 heteroatoms. The minimum atomic E-state index is 0.676. The first-order chi connectivity index (χ1) is 9.60. The Labute approximate surface area is 127 Å². The van der Waals surface area contributed by atoms with Crippen LogP contribution in [0, 0.1) is 5.92 Å². The summed E-state index contributed by atoms with van der Waals surface area (Å²) in [6.07, 6.45) is 1.12. The molecular formula is C18H22ClN. The quantitative estimate of drug-likeness (QED) is 0.822. The molecule has 1 N–H and O–H groups in total. The van der Waals surface area contributed by atoms with E-state index in [1.165, 1.54) is 16.7 Å². The van der Waals surface area contributed by atoms with Crippen molar-refractivity contribution >= 4 is 11.6 Å². The van der Waals surface area contributed by atoms with Crippen molar-refractivity contribution in [1.82, 2.24) is 5.32 Å². The molecule has 0 aliphatic rings. The Bertz CT molecular complexity index is 575. The van der Waals surface area contributed by atoms with Gasteiger partial charge in [-0.1, -0.05) is 55.8 Å². The molecule has 0 bridgehead atoms. The van der Waals surface area contributed by atoms with E-state index in [4.69, 9.17) is 11.6 Å². The second-order valence-corrected chi connectivity index (χ2v) is 6.04. The van der Waals surface area contributed by atoms with Crippen LogP contribution in [0.2, 0.25) is 5.02 Å². The molecule has 0 spiro atoms. The van der Waals surface area contributed by atoms with Crippen molar-refractivity contribution in [2.75, 3.05) is 7.05 Å². The average molecular weight is 288 g/mol. The second-order valence-electron chi connectivity index (χ2n) is 5.63. The summed E-state index contributed by atoms with van der Waals surface area (Å²) >= 11 is 6.22. The van der Waals surface area contributed by atoms with Gasteiger partial charge >= 0.3 is 0 Å². The monoisotopic (exact) mass is 287 g/mol. The first-order valence-electron chi connectivity index (χ1n) is 7.12. The third-order valence-corrected chi connectivity index (χ3v) is 3.69. The highest BCUT2D eigenvalue weighted by Crippen LogP contribution is 2.26. The zero-order chi connectivity index (χ0) is 14.5. The number of rotatable bonds is 5. The fourth-order valence-electron chi connectivity index (χ4n) is 2.43. The van der Waals surface area contributed by atoms with Gasteiger partial charge in [0, 0.05) is 11.6 Å². The van der Waals surface area contributed by atoms with Crippen LogP contribution in [0.5, 0.6) is 0 Å². The van der Waals surface area contributed by atoms with Gasteiger partial charge in [-0.15, -0.1) is 0 Å². The maximum Gasteiger partial charge on any atom is 0.0451 e. The van der Waals surface area contributed by atoms with Crippen LogP contribution in [-0.4, -0.2) is 7.05 Å². The molecule has 0 heterocycles. The van der Waals surface area contributed by atoms with Gasteiger partial charge < -0.3 is 5.32 Å². The lowest BCUT2D eigenvalue weighted by atomic mass is 9.97. The summed E-state index contributed by atoms with van der Waals surface area (Å²) in [5, 5.41) is 3.98. The van der Waals surface area contributed by atoms with Gasteiger partial charge in [-0.25, -0.2) is 0 Å². The zero-order valence-electron chi connectivity index (χ0n) is 12.4. The first kappa shape index (κ1) is 15.1. The number of halogens is 1. The van der Waals surface area contributed by atoms with E-state index in [0.717, 1.165) is 23.6 Å². The molecule has 0 aliphatic heterocycles. The van der Waals surface area contributed by atoms with Gasteiger partial charge in [0.1, 0.15) is 0 Å². The Morgan fingerprint density at radius 3 is 2.50 bits per heavy atom. The van der Waals surface area contributed by atoms with Crippen LogP contribution in [-0.2, 0) is 13.0 Å². The lowest BCUT2D eigenvalue weighted by molar-refractivity contribution is 0.647. The smallest absolute Gasteiger partial charge is 0.0451 e. The fraction of sp³-hybridized carbons (Fsp3) is 0.333. The standard InChI is InChI=1S/C18H22ClN/c1-13(2)9-14-5-4-6-15(10-14)16-7-8-18(19)17(11-16)12-20-3/h4-8,10-11,13,20H,9,12H2,1-3H3. The lowest BCUT2D eigenvalue weighted by Crippen LogP contribution is -2.05. The minimum absolute atomic E-state index is 0.676. The molecule has 1 nitrogen and oxygen atoms in total. The molecule has 0 unspecified atom stereocenters. The molecule has 2 rings (SSSR count). The van der Waals surface area contributed by atoms with Crippen LogP contribution in [0.4, 0.5) is 0 Å². The van der Waals surface area contributed by atoms with Crippen molar-refractivity contribution in [2.45, 2.75) is 26.8 Å². The van der Waals surface area contributed by atoms with E-state index >= 15 is 0 Å². The van der Waals surface area contributed by atoms with E-state index in [1.54, 1.807) is 0 Å². The van der Waals surface area contributed by atoms with E-state index in [0.29, 0.717) is 5.92 Å². The van der Waals surface area contributed by atoms with Gasteiger partial charge in [0.25, 0.3) is 0 Å². The largest absolute Gasteiger partial charge is 0.316 e. The Morgan fingerprint density at radius 2 is 1.80 bits per heavy atom. The Hall–Kier alpha value is -1.31. The van der Waals surface area contributed by atoms with Crippen molar-refractivity contribution < 1.29 is 0 Å². The molecule has 20 heavy (non-hydrogen) atoms. The Morgan fingerprint density at radius 1 is 1.05 bits per heavy atom. The van der Waals surface area contributed by atoms with Crippen molar-refractivity contribution in [2.24, 2.45) is 5.92 Å². The molecular weight excluding hydrogens is 266 g/mol. The van der Waals surface area contributed by atoms with E-state index in [2.05, 4.69) is 55.6 Å². The molecule has 0 amide bonds. The normalized spacial score (nSPS) is 11.1. The number of nitrogens with one attached hydrogen (secondary N) is 1. The van der Waals surface area contributed by atoms with Gasteiger partial charge in [-0.3, -0.25) is 0 Å². The molecule has 0 atom stereocenters. The summed E-state index contributed by atoms with van der Waals surface area (Å²) in [5.74, 6) is 0.676. The van der Waals surface area contributed by atoms with E-state index < -0.39 is 0 Å². The topological polar surface area (TPSA) is 12.0 Å². The van der Waals surface area contributed by atoms with E-state index in [9.17, 15) is 0 Å². The molecule has 0 saturated heterocycles. The molecule has 0 aromatic heterocycles. The molecule has 0 saturated carbocycles. The Balaban J connectivity index is 2.33. The third-order valence-electron chi connectivity index (χ3n) is 3.32. The predicted molar refractivity (Wildman–Crippen MR) is 88.2 cm³/mol. The van der Waals surface area contributed by atoms with Crippen LogP contribution in [0.25, 0.3) is 11.1 Å². The van der Waals surface area contributed by atoms with Crippen molar-refractivity contribution in [3.8, 4) is 11.1 Å². The molecule has 0 fully saturated rings. The second kappa shape index (κ2) is 6.92. The average Bonchev–Trinajstić information content (AvgIpc) is 2.41. The highest BCUT2D eigenvalue weighted by atomic mass is 35.5. The summed E-state index contributed by atoms with van der Waals surface area (Å²) in [6, 6.07) is 15.0. The van der Waals surface area contributed by atoms with Gasteiger partial charge in [-0.05, 0) is 53.8 Å². The summed E-state index contributed by atoms with van der Waals surface area (Å²) in [4.78, 5) is 0. The summed E-state index contributed by atoms with van der Waals surface area (Å²) in [7, 11) is 1.94. The van der Waals surface area contributed by atoms with Crippen LogP contribution in [0.3, 0.4) is 0 Å². The summed E-state index contributed by atoms with van der Waals surface area (Å²) in [5.41, 5.74) is 5.02. The van der Waals surface area contributed by atoms with E-state index in [-0.39, 0.29) is 0 Å². The zero-order valence-corrected chi connectivity index (χ0v) is 13.2.